The van der Waals surface area contributed by atoms with E-state index in [0.717, 1.165) is 16.7 Å². The Balaban J connectivity index is 1.29. The number of pyridine rings is 1. The number of carbonyl (C=O) groups excluding carboxylic acids is 2. The fourth-order valence-corrected chi connectivity index (χ4v) is 5.52. The fraction of sp³-hybridized carbons (Fsp3) is 0.444. The third-order valence-electron chi connectivity index (χ3n) is 7.25. The first-order valence-corrected chi connectivity index (χ1v) is 11.8. The largest absolute Gasteiger partial charge is 0.394 e. The highest BCUT2D eigenvalue weighted by atomic mass is 16.3. The number of hydrogen-bond acceptors (Lipinski definition) is 4. The lowest BCUT2D eigenvalue weighted by Gasteiger charge is -2.58. The van der Waals surface area contributed by atoms with E-state index < -0.39 is 0 Å². The minimum atomic E-state index is -0.242. The lowest BCUT2D eigenvalue weighted by Crippen LogP contribution is -2.73. The Morgan fingerprint density at radius 2 is 1.94 bits per heavy atom. The fourth-order valence-electron chi connectivity index (χ4n) is 5.52. The number of rotatable bonds is 4. The van der Waals surface area contributed by atoms with Gasteiger partial charge in [0.15, 0.2) is 0 Å². The highest BCUT2D eigenvalue weighted by Gasteiger charge is 2.54. The van der Waals surface area contributed by atoms with Crippen molar-refractivity contribution in [3.63, 3.8) is 0 Å². The summed E-state index contributed by atoms with van der Waals surface area (Å²) in [6.07, 6.45) is 8.55. The number of hydrogen-bond donors (Lipinski definition) is 1. The summed E-state index contributed by atoms with van der Waals surface area (Å²) in [4.78, 5) is 33.2. The number of nitrogens with zero attached hydrogens (tertiary/aromatic N) is 3. The molecule has 1 aromatic heterocycles. The molecule has 0 unspecified atom stereocenters. The molecule has 0 bridgehead atoms. The van der Waals surface area contributed by atoms with E-state index in [1.54, 1.807) is 28.3 Å². The molecule has 1 saturated carbocycles. The van der Waals surface area contributed by atoms with Gasteiger partial charge in [-0.2, -0.15) is 0 Å². The van der Waals surface area contributed by atoms with Gasteiger partial charge in [0.2, 0.25) is 11.8 Å². The van der Waals surface area contributed by atoms with E-state index in [0.29, 0.717) is 12.5 Å². The molecule has 2 aromatic rings. The Labute approximate surface area is 194 Å². The maximum absolute atomic E-state index is 12.9. The Morgan fingerprint density at radius 3 is 2.64 bits per heavy atom. The van der Waals surface area contributed by atoms with Gasteiger partial charge in [-0.1, -0.05) is 42.9 Å². The minimum absolute atomic E-state index is 0.00443. The molecule has 1 aliphatic carbocycles. The molecule has 3 fully saturated rings. The molecule has 6 heteroatoms. The molecule has 5 rings (SSSR count). The van der Waals surface area contributed by atoms with Crippen molar-refractivity contribution in [3.05, 3.63) is 65.5 Å². The molecule has 2 aliphatic heterocycles. The number of carbonyl (C=O) groups is 2. The van der Waals surface area contributed by atoms with Gasteiger partial charge in [0.25, 0.3) is 0 Å². The number of amides is 2. The average Bonchev–Trinajstić information content (AvgIpc) is 3.34. The van der Waals surface area contributed by atoms with Gasteiger partial charge in [0, 0.05) is 36.3 Å². The van der Waals surface area contributed by atoms with E-state index in [-0.39, 0.29) is 49.4 Å². The van der Waals surface area contributed by atoms with Crippen LogP contribution in [0.5, 0.6) is 0 Å². The molecular formula is C27H29N3O3. The van der Waals surface area contributed by atoms with Gasteiger partial charge < -0.3 is 14.9 Å². The van der Waals surface area contributed by atoms with Crippen LogP contribution in [-0.2, 0) is 16.0 Å². The number of fused-ring (bicyclic) bond motifs is 1. The van der Waals surface area contributed by atoms with E-state index in [1.165, 1.54) is 25.7 Å². The molecule has 0 radical (unpaired) electrons. The molecule has 170 valence electrons. The van der Waals surface area contributed by atoms with E-state index >= 15 is 0 Å². The van der Waals surface area contributed by atoms with Crippen molar-refractivity contribution < 1.29 is 14.7 Å². The lowest BCUT2D eigenvalue weighted by atomic mass is 9.73. The van der Waals surface area contributed by atoms with Gasteiger partial charge in [-0.05, 0) is 42.2 Å². The first-order chi connectivity index (χ1) is 16.1. The number of benzene rings is 1. The first-order valence-electron chi connectivity index (χ1n) is 11.8. The van der Waals surface area contributed by atoms with Crippen LogP contribution in [0.3, 0.4) is 0 Å². The van der Waals surface area contributed by atoms with Gasteiger partial charge in [0.05, 0.1) is 31.7 Å². The van der Waals surface area contributed by atoms with Gasteiger partial charge in [-0.3, -0.25) is 14.6 Å². The van der Waals surface area contributed by atoms with Crippen LogP contribution in [0.1, 0.15) is 48.3 Å². The Hall–Kier alpha value is -3.17. The van der Waals surface area contributed by atoms with Crippen LogP contribution in [-0.4, -0.2) is 63.5 Å². The molecule has 6 nitrogen and oxygen atoms in total. The van der Waals surface area contributed by atoms with Crippen molar-refractivity contribution >= 4 is 11.8 Å². The van der Waals surface area contributed by atoms with Crippen molar-refractivity contribution in [2.24, 2.45) is 5.92 Å². The quantitative estimate of drug-likeness (QED) is 0.737. The van der Waals surface area contributed by atoms with Gasteiger partial charge in [-0.25, -0.2) is 0 Å². The molecule has 1 aromatic carbocycles. The highest BCUT2D eigenvalue weighted by Crippen LogP contribution is 2.43. The molecule has 3 atom stereocenters. The van der Waals surface area contributed by atoms with Crippen LogP contribution in [0.25, 0.3) is 0 Å². The monoisotopic (exact) mass is 443 g/mol. The zero-order valence-electron chi connectivity index (χ0n) is 18.7. The van der Waals surface area contributed by atoms with Crippen LogP contribution in [0.2, 0.25) is 0 Å². The molecule has 0 spiro atoms. The van der Waals surface area contributed by atoms with E-state index in [4.69, 9.17) is 0 Å². The smallest absolute Gasteiger partial charge is 0.242 e. The molecule has 3 aliphatic rings. The van der Waals surface area contributed by atoms with Gasteiger partial charge in [-0.15, -0.1) is 0 Å². The molecule has 33 heavy (non-hydrogen) atoms. The summed E-state index contributed by atoms with van der Waals surface area (Å²) < 4.78 is 0. The topological polar surface area (TPSA) is 73.7 Å². The van der Waals surface area contributed by atoms with Crippen LogP contribution in [0, 0.1) is 17.8 Å². The van der Waals surface area contributed by atoms with E-state index in [9.17, 15) is 14.7 Å². The van der Waals surface area contributed by atoms with Crippen molar-refractivity contribution in [1.29, 1.82) is 0 Å². The van der Waals surface area contributed by atoms with Gasteiger partial charge >= 0.3 is 0 Å². The number of aliphatic hydroxyl groups is 1. The highest BCUT2D eigenvalue weighted by molar-refractivity contribution is 5.88. The van der Waals surface area contributed by atoms with Crippen molar-refractivity contribution in [2.75, 3.05) is 19.7 Å². The summed E-state index contributed by atoms with van der Waals surface area (Å²) in [5, 5.41) is 10.0. The Morgan fingerprint density at radius 1 is 1.15 bits per heavy atom. The summed E-state index contributed by atoms with van der Waals surface area (Å²) in [5.41, 5.74) is 2.91. The molecular weight excluding hydrogens is 414 g/mol. The van der Waals surface area contributed by atoms with E-state index in [1.807, 2.05) is 18.2 Å². The second kappa shape index (κ2) is 9.36. The third kappa shape index (κ3) is 4.38. The van der Waals surface area contributed by atoms with Crippen molar-refractivity contribution in [1.82, 2.24) is 14.8 Å². The lowest BCUT2D eigenvalue weighted by molar-refractivity contribution is -0.166. The van der Waals surface area contributed by atoms with Crippen molar-refractivity contribution in [2.45, 2.75) is 50.1 Å². The molecule has 2 saturated heterocycles. The summed E-state index contributed by atoms with van der Waals surface area (Å²) >= 11 is 0. The van der Waals surface area contributed by atoms with Crippen LogP contribution in [0.15, 0.2) is 48.8 Å². The number of aliphatic hydroxyl groups excluding tert-OH is 1. The number of aromatic nitrogens is 1. The predicted molar refractivity (Wildman–Crippen MR) is 124 cm³/mol. The first kappa shape index (κ1) is 21.7. The summed E-state index contributed by atoms with van der Waals surface area (Å²) in [6, 6.07) is 11.5. The Kier molecular flexibility index (Phi) is 6.15. The second-order valence-electron chi connectivity index (χ2n) is 9.33. The second-order valence-corrected chi connectivity index (χ2v) is 9.33. The maximum Gasteiger partial charge on any atom is 0.242 e. The maximum atomic E-state index is 12.9. The molecule has 1 N–H and O–H groups in total. The summed E-state index contributed by atoms with van der Waals surface area (Å²) in [7, 11) is 0. The van der Waals surface area contributed by atoms with Crippen molar-refractivity contribution in [3.8, 4) is 11.8 Å². The predicted octanol–water partition coefficient (Wildman–Crippen LogP) is 2.36. The third-order valence-corrected chi connectivity index (χ3v) is 7.25. The summed E-state index contributed by atoms with van der Waals surface area (Å²) in [5.74, 6) is 7.05. The average molecular weight is 444 g/mol. The zero-order chi connectivity index (χ0) is 22.8. The minimum Gasteiger partial charge on any atom is -0.394 e. The van der Waals surface area contributed by atoms with Gasteiger partial charge in [0.1, 0.15) is 0 Å². The summed E-state index contributed by atoms with van der Waals surface area (Å²) in [6.45, 7) is 0.462. The SMILES string of the molecule is O=C(Cc1cccnc1)N1CC(=O)N2[C@@H](CO)[C@@H](c3ccc(C#CC4CCCC4)cc3)[C@@H]2C1. The normalized spacial score (nSPS) is 24.6. The zero-order valence-corrected chi connectivity index (χ0v) is 18.7. The van der Waals surface area contributed by atoms with Crippen LogP contribution >= 0.6 is 0 Å². The number of piperazine rings is 1. The van der Waals surface area contributed by atoms with Crippen LogP contribution < -0.4 is 0 Å². The van der Waals surface area contributed by atoms with E-state index in [2.05, 4.69) is 29.0 Å². The molecule has 2 amide bonds. The standard InChI is InChI=1S/C27H29N3O3/c31-18-24-27(22-11-9-20(10-12-22)8-7-19-4-1-2-5-19)23-16-29(17-26(33)30(23)24)25(32)14-21-6-3-13-28-15-21/h3,6,9-13,15,19,23-24,27,31H,1-2,4-5,14,16-18H2/t23-,24-,27-/m0/s1. The Bertz CT molecular complexity index is 1070. The molecule has 3 heterocycles. The van der Waals surface area contributed by atoms with Crippen LogP contribution in [0.4, 0.5) is 0 Å².